The summed E-state index contributed by atoms with van der Waals surface area (Å²) in [6, 6.07) is 0. The highest BCUT2D eigenvalue weighted by molar-refractivity contribution is 4.93. The van der Waals surface area contributed by atoms with Crippen LogP contribution in [-0.2, 0) is 14.2 Å². The number of hydrogen-bond acceptors (Lipinski definition) is 9. The molecule has 2 aliphatic heterocycles. The van der Waals surface area contributed by atoms with Gasteiger partial charge < -0.3 is 44.8 Å². The van der Waals surface area contributed by atoms with E-state index in [1.165, 1.54) is 0 Å². The molecule has 0 aromatic carbocycles. The van der Waals surface area contributed by atoms with Crippen LogP contribution in [0.3, 0.4) is 0 Å². The largest absolute Gasteiger partial charge is 0.394 e. The molecule has 2 rings (SSSR count). The molecule has 2 aliphatic rings. The Labute approximate surface area is 127 Å². The third kappa shape index (κ3) is 3.28. The van der Waals surface area contributed by atoms with E-state index in [0.717, 1.165) is 0 Å². The second-order valence-corrected chi connectivity index (χ2v) is 5.83. The van der Waals surface area contributed by atoms with E-state index in [9.17, 15) is 25.5 Å². The van der Waals surface area contributed by atoms with Gasteiger partial charge in [0, 0.05) is 0 Å². The predicted molar refractivity (Wildman–Crippen MR) is 70.7 cm³/mol. The van der Waals surface area contributed by atoms with E-state index < -0.39 is 67.8 Å². The third-order valence-electron chi connectivity index (χ3n) is 4.20. The second kappa shape index (κ2) is 7.04. The van der Waals surface area contributed by atoms with E-state index in [-0.39, 0.29) is 0 Å². The quantitative estimate of drug-likeness (QED) is 0.314. The van der Waals surface area contributed by atoms with Crippen LogP contribution in [0.25, 0.3) is 0 Å². The molecule has 9 heteroatoms. The number of aliphatic hydroxyl groups excluding tert-OH is 6. The Bertz CT molecular complexity index is 351. The topological polar surface area (TPSA) is 149 Å². The summed E-state index contributed by atoms with van der Waals surface area (Å²) >= 11 is 0. The molecule has 0 amide bonds. The van der Waals surface area contributed by atoms with Gasteiger partial charge in [-0.15, -0.1) is 0 Å². The van der Waals surface area contributed by atoms with Crippen molar-refractivity contribution in [1.82, 2.24) is 0 Å². The lowest BCUT2D eigenvalue weighted by atomic mass is 9.95. The Balaban J connectivity index is 2.10. The molecule has 9 atom stereocenters. The molecule has 0 aromatic heterocycles. The minimum atomic E-state index is -1.59. The Morgan fingerprint density at radius 1 is 0.773 bits per heavy atom. The Hall–Kier alpha value is -0.360. The third-order valence-corrected chi connectivity index (χ3v) is 4.20. The van der Waals surface area contributed by atoms with Gasteiger partial charge in [-0.05, 0) is 13.8 Å². The van der Waals surface area contributed by atoms with Gasteiger partial charge in [0.15, 0.2) is 6.29 Å². The van der Waals surface area contributed by atoms with Gasteiger partial charge in [-0.25, -0.2) is 0 Å². The summed E-state index contributed by atoms with van der Waals surface area (Å²) in [6.45, 7) is 2.63. The highest BCUT2D eigenvalue weighted by atomic mass is 16.7. The lowest BCUT2D eigenvalue weighted by Gasteiger charge is -2.45. The summed E-state index contributed by atoms with van der Waals surface area (Å²) in [4.78, 5) is 0. The summed E-state index contributed by atoms with van der Waals surface area (Å²) in [5.41, 5.74) is 0. The Morgan fingerprint density at radius 3 is 1.82 bits per heavy atom. The molecular formula is C13H24O9. The molecule has 0 saturated carbocycles. The van der Waals surface area contributed by atoms with E-state index in [1.54, 1.807) is 13.8 Å². The van der Waals surface area contributed by atoms with Crippen LogP contribution in [0.4, 0.5) is 0 Å². The summed E-state index contributed by atoms with van der Waals surface area (Å²) < 4.78 is 16.0. The standard InChI is InChI=1S/C13H24O9/c1-4-7(15)12(8(16)5(2)20-4)22-13-11(19)10(18)9(17)6(3-14)21-13/h4-19H,3H2,1-2H3/t4-,5-,6+,7+,8+,9+,10-,11+,13-/m0/s1. The van der Waals surface area contributed by atoms with Crippen molar-refractivity contribution in [1.29, 1.82) is 0 Å². The fraction of sp³-hybridized carbons (Fsp3) is 1.00. The monoisotopic (exact) mass is 324 g/mol. The number of ether oxygens (including phenoxy) is 3. The lowest BCUT2D eigenvalue weighted by Crippen LogP contribution is -2.63. The predicted octanol–water partition coefficient (Wildman–Crippen LogP) is -3.30. The van der Waals surface area contributed by atoms with Gasteiger partial charge in [-0.3, -0.25) is 0 Å². The number of hydrogen-bond donors (Lipinski definition) is 6. The van der Waals surface area contributed by atoms with Gasteiger partial charge >= 0.3 is 0 Å². The van der Waals surface area contributed by atoms with Gasteiger partial charge in [0.1, 0.15) is 42.7 Å². The minimum Gasteiger partial charge on any atom is -0.394 e. The maximum absolute atomic E-state index is 10.1. The average Bonchev–Trinajstić information content (AvgIpc) is 2.49. The summed E-state index contributed by atoms with van der Waals surface area (Å²) in [7, 11) is 0. The van der Waals surface area contributed by atoms with Crippen LogP contribution in [0.5, 0.6) is 0 Å². The first-order chi connectivity index (χ1) is 10.3. The molecule has 130 valence electrons. The highest BCUT2D eigenvalue weighted by Crippen LogP contribution is 2.28. The van der Waals surface area contributed by atoms with Gasteiger partial charge in [0.25, 0.3) is 0 Å². The Kier molecular flexibility index (Phi) is 5.75. The van der Waals surface area contributed by atoms with Crippen LogP contribution in [0, 0.1) is 0 Å². The maximum Gasteiger partial charge on any atom is 0.187 e. The first-order valence-corrected chi connectivity index (χ1v) is 7.25. The Morgan fingerprint density at radius 2 is 1.32 bits per heavy atom. The molecule has 0 bridgehead atoms. The summed E-state index contributed by atoms with van der Waals surface area (Å²) in [5, 5.41) is 58.6. The molecule has 0 aromatic rings. The van der Waals surface area contributed by atoms with Crippen LogP contribution >= 0.6 is 0 Å². The maximum atomic E-state index is 10.1. The van der Waals surface area contributed by atoms with Gasteiger partial charge in [0.2, 0.25) is 0 Å². The summed E-state index contributed by atoms with van der Waals surface area (Å²) in [6.07, 6.45) is -11.9. The van der Waals surface area contributed by atoms with Crippen molar-refractivity contribution in [3.05, 3.63) is 0 Å². The van der Waals surface area contributed by atoms with Crippen molar-refractivity contribution in [2.45, 2.75) is 75.1 Å². The molecule has 2 fully saturated rings. The molecule has 0 spiro atoms. The van der Waals surface area contributed by atoms with E-state index in [0.29, 0.717) is 0 Å². The van der Waals surface area contributed by atoms with Crippen LogP contribution in [-0.4, -0.2) is 98.5 Å². The van der Waals surface area contributed by atoms with Crippen LogP contribution < -0.4 is 0 Å². The van der Waals surface area contributed by atoms with Crippen molar-refractivity contribution in [3.63, 3.8) is 0 Å². The van der Waals surface area contributed by atoms with Gasteiger partial charge in [-0.2, -0.15) is 0 Å². The molecule has 6 N–H and O–H groups in total. The zero-order valence-corrected chi connectivity index (χ0v) is 12.4. The molecule has 0 radical (unpaired) electrons. The van der Waals surface area contributed by atoms with Crippen molar-refractivity contribution >= 4 is 0 Å². The van der Waals surface area contributed by atoms with Crippen LogP contribution in [0.1, 0.15) is 13.8 Å². The van der Waals surface area contributed by atoms with E-state index in [1.807, 2.05) is 0 Å². The van der Waals surface area contributed by atoms with Crippen molar-refractivity contribution in [3.8, 4) is 0 Å². The van der Waals surface area contributed by atoms with Crippen LogP contribution in [0.15, 0.2) is 0 Å². The van der Waals surface area contributed by atoms with E-state index in [2.05, 4.69) is 0 Å². The molecule has 22 heavy (non-hydrogen) atoms. The molecule has 0 unspecified atom stereocenters. The van der Waals surface area contributed by atoms with E-state index in [4.69, 9.17) is 19.3 Å². The molecule has 9 nitrogen and oxygen atoms in total. The molecule has 0 aliphatic carbocycles. The molecule has 2 saturated heterocycles. The van der Waals surface area contributed by atoms with E-state index >= 15 is 0 Å². The fourth-order valence-electron chi connectivity index (χ4n) is 2.73. The van der Waals surface area contributed by atoms with Crippen molar-refractivity contribution in [2.75, 3.05) is 6.61 Å². The SMILES string of the molecule is C[C@@H]1O[C@@H](C)[C@@H](O)C(O[C@@H]2O[C@H](CO)[C@@H](O)[C@H](O)[C@H]2O)[C@@H]1O. The zero-order chi connectivity index (χ0) is 16.6. The van der Waals surface area contributed by atoms with Crippen molar-refractivity contribution < 1.29 is 44.8 Å². The van der Waals surface area contributed by atoms with Crippen molar-refractivity contribution in [2.24, 2.45) is 0 Å². The smallest absolute Gasteiger partial charge is 0.187 e. The minimum absolute atomic E-state index is 0.587. The second-order valence-electron chi connectivity index (χ2n) is 5.83. The normalized spacial score (nSPS) is 53.5. The zero-order valence-electron chi connectivity index (χ0n) is 12.4. The highest BCUT2D eigenvalue weighted by Gasteiger charge is 2.48. The molecular weight excluding hydrogens is 300 g/mol. The molecule has 2 heterocycles. The van der Waals surface area contributed by atoms with Crippen LogP contribution in [0.2, 0.25) is 0 Å². The summed E-state index contributed by atoms with van der Waals surface area (Å²) in [5.74, 6) is 0. The van der Waals surface area contributed by atoms with Gasteiger partial charge in [0.05, 0.1) is 18.8 Å². The fourth-order valence-corrected chi connectivity index (χ4v) is 2.73. The number of rotatable bonds is 3. The average molecular weight is 324 g/mol. The number of aliphatic hydroxyl groups is 6. The first-order valence-electron chi connectivity index (χ1n) is 7.25. The lowest BCUT2D eigenvalue weighted by molar-refractivity contribution is -0.339. The van der Waals surface area contributed by atoms with Gasteiger partial charge in [-0.1, -0.05) is 0 Å². The first kappa shape index (κ1) is 18.0.